The number of halogens is 1. The Morgan fingerprint density at radius 3 is 2.50 bits per heavy atom. The minimum absolute atomic E-state index is 0.0622. The van der Waals surface area contributed by atoms with Crippen LogP contribution in [0.15, 0.2) is 40.8 Å². The smallest absolute Gasteiger partial charge is 0.255 e. The molecule has 170 valence electrons. The molecule has 2 aromatic carbocycles. The lowest BCUT2D eigenvalue weighted by atomic mass is 9.99. The number of likely N-dealkylation sites (N-methyl/N-ethyl adjacent to an activating group) is 1. The van der Waals surface area contributed by atoms with Crippen molar-refractivity contribution < 1.29 is 22.0 Å². The van der Waals surface area contributed by atoms with Crippen LogP contribution in [-0.2, 0) is 10.0 Å². The Hall–Kier alpha value is -2.91. The highest BCUT2D eigenvalue weighted by atomic mass is 32.2. The molecule has 3 aromatic rings. The quantitative estimate of drug-likeness (QED) is 0.642. The molecule has 0 radical (unpaired) electrons. The first-order valence-corrected chi connectivity index (χ1v) is 12.3. The summed E-state index contributed by atoms with van der Waals surface area (Å²) in [5.41, 5.74) is 2.64. The Kier molecular flexibility index (Phi) is 5.72. The van der Waals surface area contributed by atoms with Crippen molar-refractivity contribution in [2.24, 2.45) is 0 Å². The maximum atomic E-state index is 13.5. The van der Waals surface area contributed by atoms with Gasteiger partial charge in [-0.15, -0.1) is 0 Å². The molecule has 1 aromatic heterocycles. The van der Waals surface area contributed by atoms with Crippen LogP contribution in [0.5, 0.6) is 0 Å². The molecule has 32 heavy (non-hydrogen) atoms. The van der Waals surface area contributed by atoms with Crippen molar-refractivity contribution in [1.29, 1.82) is 0 Å². The zero-order chi connectivity index (χ0) is 23.2. The van der Waals surface area contributed by atoms with Gasteiger partial charge in [-0.25, -0.2) is 12.8 Å². The Morgan fingerprint density at radius 2 is 1.91 bits per heavy atom. The van der Waals surface area contributed by atoms with Crippen LogP contribution in [0.2, 0.25) is 0 Å². The van der Waals surface area contributed by atoms with Crippen LogP contribution in [0, 0.1) is 5.82 Å². The number of hydrogen-bond donors (Lipinski definition) is 1. The summed E-state index contributed by atoms with van der Waals surface area (Å²) in [6, 6.07) is 9.19. The highest BCUT2D eigenvalue weighted by Gasteiger charge is 2.32. The average molecular weight is 460 g/mol. The van der Waals surface area contributed by atoms with Gasteiger partial charge in [0.2, 0.25) is 10.0 Å². The molecule has 0 saturated carbocycles. The van der Waals surface area contributed by atoms with Crippen LogP contribution in [0.4, 0.5) is 10.1 Å². The molecular weight excluding hydrogens is 433 g/mol. The summed E-state index contributed by atoms with van der Waals surface area (Å²) < 4.78 is 46.1. The maximum absolute atomic E-state index is 13.5. The number of carbonyl (C=O) groups excluding carboxylic acids is 1. The van der Waals surface area contributed by atoms with Crippen molar-refractivity contribution in [3.8, 4) is 11.3 Å². The average Bonchev–Trinajstić information content (AvgIpc) is 3.06. The van der Waals surface area contributed by atoms with Gasteiger partial charge in [0.05, 0.1) is 17.5 Å². The summed E-state index contributed by atoms with van der Waals surface area (Å²) in [5, 5.41) is 3.23. The fraction of sp³-hybridized carbons (Fsp3) is 0.348. The van der Waals surface area contributed by atoms with Crippen LogP contribution in [0.3, 0.4) is 0 Å². The van der Waals surface area contributed by atoms with E-state index < -0.39 is 15.8 Å². The molecule has 1 aliphatic heterocycles. The van der Waals surface area contributed by atoms with Crippen molar-refractivity contribution in [3.05, 3.63) is 53.3 Å². The number of hydrogen-bond acceptors (Lipinski definition) is 5. The number of fused-ring (bicyclic) bond motifs is 2. The number of furan rings is 1. The largest absolute Gasteiger partial charge is 0.455 e. The highest BCUT2D eigenvalue weighted by Crippen LogP contribution is 2.41. The third kappa shape index (κ3) is 3.75. The Morgan fingerprint density at radius 1 is 1.22 bits per heavy atom. The van der Waals surface area contributed by atoms with E-state index in [1.54, 1.807) is 18.2 Å². The summed E-state index contributed by atoms with van der Waals surface area (Å²) in [6.07, 6.45) is 1.19. The van der Waals surface area contributed by atoms with Crippen molar-refractivity contribution in [2.45, 2.75) is 19.9 Å². The normalized spacial score (nSPS) is 17.3. The fourth-order valence-corrected chi connectivity index (χ4v) is 5.29. The third-order valence-electron chi connectivity index (χ3n) is 6.06. The summed E-state index contributed by atoms with van der Waals surface area (Å²) in [4.78, 5) is 15.0. The summed E-state index contributed by atoms with van der Waals surface area (Å²) in [7, 11) is -1.99. The maximum Gasteiger partial charge on any atom is 0.255 e. The number of carbonyl (C=O) groups is 1. The molecule has 1 atom stereocenters. The Bertz CT molecular complexity index is 1280. The first-order chi connectivity index (χ1) is 15.2. The lowest BCUT2D eigenvalue weighted by molar-refractivity contribution is 0.0964. The molecule has 1 N–H and O–H groups in total. The molecule has 0 spiro atoms. The highest BCUT2D eigenvalue weighted by molar-refractivity contribution is 7.92. The van der Waals surface area contributed by atoms with Gasteiger partial charge in [0.15, 0.2) is 0 Å². The van der Waals surface area contributed by atoms with Gasteiger partial charge in [-0.05, 0) is 49.4 Å². The SMILES string of the molecule is CCN1CCN(S(C)(=O)=O)c2cc3oc(-c4ccc(F)cc4)c(C(=O)NC)c3cc2C1C. The third-order valence-corrected chi connectivity index (χ3v) is 7.24. The molecule has 9 heteroatoms. The van der Waals surface area contributed by atoms with Gasteiger partial charge in [0, 0.05) is 43.2 Å². The number of nitrogens with zero attached hydrogens (tertiary/aromatic N) is 2. The van der Waals surface area contributed by atoms with Crippen molar-refractivity contribution in [1.82, 2.24) is 10.2 Å². The van der Waals surface area contributed by atoms with Crippen molar-refractivity contribution in [2.75, 3.05) is 37.2 Å². The minimum atomic E-state index is -3.52. The second-order valence-electron chi connectivity index (χ2n) is 7.94. The lowest BCUT2D eigenvalue weighted by Gasteiger charge is -2.25. The second kappa shape index (κ2) is 8.22. The van der Waals surface area contributed by atoms with Crippen LogP contribution < -0.4 is 9.62 Å². The molecule has 1 unspecified atom stereocenters. The van der Waals surface area contributed by atoms with E-state index in [4.69, 9.17) is 4.42 Å². The first kappa shape index (κ1) is 22.3. The van der Waals surface area contributed by atoms with E-state index in [2.05, 4.69) is 10.2 Å². The molecule has 2 heterocycles. The van der Waals surface area contributed by atoms with Crippen LogP contribution in [0.25, 0.3) is 22.3 Å². The predicted octanol–water partition coefficient (Wildman–Crippen LogP) is 3.76. The Labute approximate surface area is 186 Å². The Balaban J connectivity index is 2.03. The van der Waals surface area contributed by atoms with E-state index >= 15 is 0 Å². The summed E-state index contributed by atoms with van der Waals surface area (Å²) in [6.45, 7) is 5.73. The number of anilines is 1. The molecule has 0 bridgehead atoms. The fourth-order valence-electron chi connectivity index (χ4n) is 4.36. The number of amides is 1. The van der Waals surface area contributed by atoms with Crippen LogP contribution >= 0.6 is 0 Å². The molecule has 0 saturated heterocycles. The van der Waals surface area contributed by atoms with Gasteiger partial charge in [-0.3, -0.25) is 14.0 Å². The molecule has 1 aliphatic rings. The zero-order valence-corrected chi connectivity index (χ0v) is 19.3. The van der Waals surface area contributed by atoms with E-state index in [0.717, 1.165) is 12.1 Å². The van der Waals surface area contributed by atoms with Crippen LogP contribution in [0.1, 0.15) is 35.8 Å². The minimum Gasteiger partial charge on any atom is -0.455 e. The molecular formula is C23H26FN3O4S. The van der Waals surface area contributed by atoms with Gasteiger partial charge in [0.25, 0.3) is 5.91 Å². The van der Waals surface area contributed by atoms with E-state index in [1.807, 2.05) is 19.9 Å². The predicted molar refractivity (Wildman–Crippen MR) is 123 cm³/mol. The lowest BCUT2D eigenvalue weighted by Crippen LogP contribution is -2.35. The number of rotatable bonds is 4. The van der Waals surface area contributed by atoms with E-state index in [-0.39, 0.29) is 11.9 Å². The molecule has 0 aliphatic carbocycles. The number of benzene rings is 2. The van der Waals surface area contributed by atoms with Crippen LogP contribution in [-0.4, -0.2) is 52.2 Å². The monoisotopic (exact) mass is 459 g/mol. The summed E-state index contributed by atoms with van der Waals surface area (Å²) in [5.74, 6) is -0.419. The topological polar surface area (TPSA) is 82.9 Å². The van der Waals surface area contributed by atoms with E-state index in [1.165, 1.54) is 29.7 Å². The summed E-state index contributed by atoms with van der Waals surface area (Å²) >= 11 is 0. The van der Waals surface area contributed by atoms with Crippen molar-refractivity contribution in [3.63, 3.8) is 0 Å². The van der Waals surface area contributed by atoms with E-state index in [0.29, 0.717) is 46.6 Å². The molecule has 0 fully saturated rings. The molecule has 7 nitrogen and oxygen atoms in total. The molecule has 1 amide bonds. The van der Waals surface area contributed by atoms with Gasteiger partial charge in [0.1, 0.15) is 17.2 Å². The van der Waals surface area contributed by atoms with Gasteiger partial charge in [-0.1, -0.05) is 6.92 Å². The van der Waals surface area contributed by atoms with Gasteiger partial charge in [-0.2, -0.15) is 0 Å². The van der Waals surface area contributed by atoms with Crippen molar-refractivity contribution >= 4 is 32.6 Å². The van der Waals surface area contributed by atoms with Gasteiger partial charge < -0.3 is 9.73 Å². The second-order valence-corrected chi connectivity index (χ2v) is 9.85. The standard InChI is InChI=1S/C23H26FN3O4S/c1-5-26-10-11-27(32(4,29)30)19-13-20-18(12-17(19)14(26)2)21(23(28)25-3)22(31-20)15-6-8-16(24)9-7-15/h6-9,12-14H,5,10-11H2,1-4H3,(H,25,28). The first-order valence-electron chi connectivity index (χ1n) is 10.5. The zero-order valence-electron chi connectivity index (χ0n) is 18.5. The number of sulfonamides is 1. The molecule has 4 rings (SSSR count). The number of nitrogens with one attached hydrogen (secondary N) is 1. The van der Waals surface area contributed by atoms with Gasteiger partial charge >= 0.3 is 0 Å². The van der Waals surface area contributed by atoms with E-state index in [9.17, 15) is 17.6 Å².